The third kappa shape index (κ3) is 2.60. The lowest BCUT2D eigenvalue weighted by Crippen LogP contribution is -2.44. The van der Waals surface area contributed by atoms with Gasteiger partial charge in [-0.3, -0.25) is 4.90 Å². The lowest BCUT2D eigenvalue weighted by Gasteiger charge is -2.40. The molecule has 1 aromatic heterocycles. The van der Waals surface area contributed by atoms with Crippen molar-refractivity contribution in [1.82, 2.24) is 4.90 Å². The van der Waals surface area contributed by atoms with Gasteiger partial charge in [-0.1, -0.05) is 31.5 Å². The van der Waals surface area contributed by atoms with E-state index >= 15 is 0 Å². The Bertz CT molecular complexity index is 604. The Morgan fingerprint density at radius 1 is 1.33 bits per heavy atom. The molecule has 3 heteroatoms. The van der Waals surface area contributed by atoms with E-state index in [-0.39, 0.29) is 6.04 Å². The Balaban J connectivity index is 2.03. The van der Waals surface area contributed by atoms with Gasteiger partial charge in [0.15, 0.2) is 0 Å². The van der Waals surface area contributed by atoms with Crippen molar-refractivity contribution in [1.29, 1.82) is 0 Å². The van der Waals surface area contributed by atoms with E-state index in [9.17, 15) is 0 Å². The molecular weight excluding hydrogens is 260 g/mol. The van der Waals surface area contributed by atoms with Crippen LogP contribution in [0.15, 0.2) is 28.7 Å². The van der Waals surface area contributed by atoms with Crippen molar-refractivity contribution < 1.29 is 4.42 Å². The van der Waals surface area contributed by atoms with E-state index in [4.69, 9.17) is 10.2 Å². The molecule has 114 valence electrons. The Morgan fingerprint density at radius 2 is 2.14 bits per heavy atom. The second-order valence-electron chi connectivity index (χ2n) is 6.12. The molecule has 1 fully saturated rings. The fraction of sp³-hybridized carbons (Fsp3) is 0.556. The first-order valence-corrected chi connectivity index (χ1v) is 8.20. The molecule has 1 aromatic carbocycles. The monoisotopic (exact) mass is 286 g/mol. The molecule has 0 spiro atoms. The molecule has 0 saturated carbocycles. The Hall–Kier alpha value is -1.32. The third-order valence-electron chi connectivity index (χ3n) is 4.92. The highest BCUT2D eigenvalue weighted by molar-refractivity contribution is 5.82. The summed E-state index contributed by atoms with van der Waals surface area (Å²) in [4.78, 5) is 2.62. The molecule has 21 heavy (non-hydrogen) atoms. The standard InChI is InChI=1S/C18H26N2O/c1-3-14-8-6-7-11-20(14)16(12-19)18-13(2)21-17-10-5-4-9-15(17)18/h4-5,9-10,14,16H,3,6-8,11-12,19H2,1-2H3. The molecule has 1 aliphatic rings. The smallest absolute Gasteiger partial charge is 0.134 e. The largest absolute Gasteiger partial charge is 0.461 e. The summed E-state index contributed by atoms with van der Waals surface area (Å²) in [5.74, 6) is 1.02. The summed E-state index contributed by atoms with van der Waals surface area (Å²) in [6, 6.07) is 9.26. The number of aryl methyl sites for hydroxylation is 1. The molecule has 2 heterocycles. The summed E-state index contributed by atoms with van der Waals surface area (Å²) in [5, 5.41) is 1.23. The molecular formula is C18H26N2O. The van der Waals surface area contributed by atoms with Gasteiger partial charge in [-0.15, -0.1) is 0 Å². The fourth-order valence-corrected chi connectivity index (χ4v) is 3.89. The van der Waals surface area contributed by atoms with Crippen molar-refractivity contribution in [3.05, 3.63) is 35.6 Å². The van der Waals surface area contributed by atoms with Crippen LogP contribution in [0.3, 0.4) is 0 Å². The van der Waals surface area contributed by atoms with E-state index in [0.717, 1.165) is 17.9 Å². The number of hydrogen-bond acceptors (Lipinski definition) is 3. The number of rotatable bonds is 4. The molecule has 0 amide bonds. The first-order valence-electron chi connectivity index (χ1n) is 8.20. The summed E-state index contributed by atoms with van der Waals surface area (Å²) in [7, 11) is 0. The number of nitrogens with zero attached hydrogens (tertiary/aromatic N) is 1. The summed E-state index contributed by atoms with van der Waals surface area (Å²) in [6.45, 7) is 6.17. The number of hydrogen-bond donors (Lipinski definition) is 1. The molecule has 3 nitrogen and oxygen atoms in total. The van der Waals surface area contributed by atoms with E-state index in [1.165, 1.54) is 36.6 Å². The van der Waals surface area contributed by atoms with Crippen molar-refractivity contribution in [2.75, 3.05) is 13.1 Å². The maximum Gasteiger partial charge on any atom is 0.134 e. The molecule has 1 saturated heterocycles. The lowest BCUT2D eigenvalue weighted by molar-refractivity contribution is 0.0947. The number of benzene rings is 1. The van der Waals surface area contributed by atoms with Crippen molar-refractivity contribution in [2.45, 2.75) is 51.6 Å². The molecule has 2 N–H and O–H groups in total. The van der Waals surface area contributed by atoms with Crippen LogP contribution in [0.5, 0.6) is 0 Å². The second-order valence-corrected chi connectivity index (χ2v) is 6.12. The third-order valence-corrected chi connectivity index (χ3v) is 4.92. The van der Waals surface area contributed by atoms with Crippen molar-refractivity contribution >= 4 is 11.0 Å². The molecule has 0 radical (unpaired) electrons. The van der Waals surface area contributed by atoms with Gasteiger partial charge in [0, 0.05) is 23.5 Å². The second kappa shape index (κ2) is 6.20. The van der Waals surface area contributed by atoms with Crippen LogP contribution >= 0.6 is 0 Å². The van der Waals surface area contributed by atoms with E-state index < -0.39 is 0 Å². The molecule has 0 bridgehead atoms. The molecule has 3 rings (SSSR count). The highest BCUT2D eigenvalue weighted by Gasteiger charge is 2.31. The summed E-state index contributed by atoms with van der Waals surface area (Å²) in [5.41, 5.74) is 8.47. The van der Waals surface area contributed by atoms with Gasteiger partial charge in [-0.2, -0.15) is 0 Å². The van der Waals surface area contributed by atoms with Gasteiger partial charge in [0.25, 0.3) is 0 Å². The highest BCUT2D eigenvalue weighted by atomic mass is 16.3. The minimum atomic E-state index is 0.277. The number of furan rings is 1. The highest BCUT2D eigenvalue weighted by Crippen LogP contribution is 2.36. The Morgan fingerprint density at radius 3 is 2.90 bits per heavy atom. The first kappa shape index (κ1) is 14.6. The average molecular weight is 286 g/mol. The maximum atomic E-state index is 6.19. The molecule has 2 unspecified atom stereocenters. The van der Waals surface area contributed by atoms with Crippen LogP contribution in [0.1, 0.15) is 50.0 Å². The van der Waals surface area contributed by atoms with Crippen LogP contribution in [0, 0.1) is 6.92 Å². The predicted octanol–water partition coefficient (Wildman–Crippen LogP) is 4.01. The van der Waals surface area contributed by atoms with Gasteiger partial charge in [0.1, 0.15) is 11.3 Å². The van der Waals surface area contributed by atoms with Crippen molar-refractivity contribution in [2.24, 2.45) is 5.73 Å². The molecule has 0 aliphatic carbocycles. The van der Waals surface area contributed by atoms with Crippen molar-refractivity contribution in [3.63, 3.8) is 0 Å². The SMILES string of the molecule is CCC1CCCCN1C(CN)c1c(C)oc2ccccc12. The van der Waals surface area contributed by atoms with Gasteiger partial charge < -0.3 is 10.2 Å². The van der Waals surface area contributed by atoms with Crippen LogP contribution in [-0.4, -0.2) is 24.0 Å². The average Bonchev–Trinajstić information content (AvgIpc) is 2.85. The zero-order valence-corrected chi connectivity index (χ0v) is 13.1. The van der Waals surface area contributed by atoms with Crippen LogP contribution < -0.4 is 5.73 Å². The van der Waals surface area contributed by atoms with Gasteiger partial charge in [-0.05, 0) is 38.8 Å². The Labute approximate surface area is 127 Å². The van der Waals surface area contributed by atoms with Crippen molar-refractivity contribution in [3.8, 4) is 0 Å². The van der Waals surface area contributed by atoms with E-state index in [2.05, 4.69) is 30.9 Å². The van der Waals surface area contributed by atoms with Crippen LogP contribution in [-0.2, 0) is 0 Å². The van der Waals surface area contributed by atoms with Gasteiger partial charge in [0.05, 0.1) is 6.04 Å². The fourth-order valence-electron chi connectivity index (χ4n) is 3.89. The normalized spacial score (nSPS) is 21.8. The minimum absolute atomic E-state index is 0.277. The van der Waals surface area contributed by atoms with E-state index in [0.29, 0.717) is 12.6 Å². The minimum Gasteiger partial charge on any atom is -0.461 e. The number of nitrogens with two attached hydrogens (primary N) is 1. The predicted molar refractivity (Wildman–Crippen MR) is 87.4 cm³/mol. The van der Waals surface area contributed by atoms with E-state index in [1.807, 2.05) is 12.1 Å². The zero-order valence-electron chi connectivity index (χ0n) is 13.1. The van der Waals surface area contributed by atoms with Crippen LogP contribution in [0.2, 0.25) is 0 Å². The lowest BCUT2D eigenvalue weighted by atomic mass is 9.93. The van der Waals surface area contributed by atoms with Crippen LogP contribution in [0.4, 0.5) is 0 Å². The summed E-state index contributed by atoms with van der Waals surface area (Å²) in [6.07, 6.45) is 5.12. The number of fused-ring (bicyclic) bond motifs is 1. The maximum absolute atomic E-state index is 6.19. The molecule has 2 aromatic rings. The van der Waals surface area contributed by atoms with Gasteiger partial charge >= 0.3 is 0 Å². The van der Waals surface area contributed by atoms with Gasteiger partial charge in [0.2, 0.25) is 0 Å². The topological polar surface area (TPSA) is 42.4 Å². The Kier molecular flexibility index (Phi) is 4.32. The summed E-state index contributed by atoms with van der Waals surface area (Å²) < 4.78 is 5.96. The van der Waals surface area contributed by atoms with E-state index in [1.54, 1.807) is 0 Å². The van der Waals surface area contributed by atoms with Gasteiger partial charge in [-0.25, -0.2) is 0 Å². The number of piperidine rings is 1. The number of likely N-dealkylation sites (tertiary alicyclic amines) is 1. The first-order chi connectivity index (χ1) is 10.3. The quantitative estimate of drug-likeness (QED) is 0.923. The summed E-state index contributed by atoms with van der Waals surface area (Å²) >= 11 is 0. The molecule has 1 aliphatic heterocycles. The zero-order chi connectivity index (χ0) is 14.8. The molecule has 2 atom stereocenters. The van der Waals surface area contributed by atoms with Crippen LogP contribution in [0.25, 0.3) is 11.0 Å². The number of para-hydroxylation sites is 1.